The van der Waals surface area contributed by atoms with Crippen LogP contribution < -0.4 is 4.74 Å². The summed E-state index contributed by atoms with van der Waals surface area (Å²) in [6.45, 7) is 27.2. The molecule has 0 saturated heterocycles. The number of aliphatic hydroxyl groups excluding tert-OH is 1. The third-order valence-corrected chi connectivity index (χ3v) is 11.3. The summed E-state index contributed by atoms with van der Waals surface area (Å²) < 4.78 is 18.4. The molecule has 0 aliphatic heterocycles. The zero-order valence-electron chi connectivity index (χ0n) is 34.6. The van der Waals surface area contributed by atoms with Gasteiger partial charge in [0.05, 0.1) is 25.2 Å². The molecule has 0 radical (unpaired) electrons. The second kappa shape index (κ2) is 19.6. The summed E-state index contributed by atoms with van der Waals surface area (Å²) in [6.07, 6.45) is 7.82. The summed E-state index contributed by atoms with van der Waals surface area (Å²) in [5, 5.41) is 11.4. The standard InChI is InChI=1S/C42H72O8P2/c1-14-16-18-22-40(10,11)31-20-21-35(32(26-31)41(12,13)23-19-17-15-2)50-37(42(27-43,28-48-51(44)45)29-49-52(46)47)36-33(38(4,5)6)24-30(3)25-34(36)39(7,8)9/h20-21,24-26,37,43-47H,14-19,22-23,27-29H2,1-13H3. The predicted octanol–water partition coefficient (Wildman–Crippen LogP) is 10.9. The van der Waals surface area contributed by atoms with Crippen molar-refractivity contribution in [3.8, 4) is 5.75 Å². The molecule has 5 N–H and O–H groups in total. The van der Waals surface area contributed by atoms with Gasteiger partial charge in [0.15, 0.2) is 0 Å². The fourth-order valence-electron chi connectivity index (χ4n) is 7.17. The zero-order valence-corrected chi connectivity index (χ0v) is 36.4. The van der Waals surface area contributed by atoms with Gasteiger partial charge in [-0.2, -0.15) is 0 Å². The van der Waals surface area contributed by atoms with E-state index in [1.165, 1.54) is 12.0 Å². The van der Waals surface area contributed by atoms with Gasteiger partial charge in [0.1, 0.15) is 11.9 Å². The molecule has 52 heavy (non-hydrogen) atoms. The topological polar surface area (TPSA) is 129 Å². The summed E-state index contributed by atoms with van der Waals surface area (Å²) in [5.74, 6) is 0.656. The van der Waals surface area contributed by atoms with Gasteiger partial charge in [-0.05, 0) is 64.2 Å². The maximum atomic E-state index is 11.4. The van der Waals surface area contributed by atoms with Crippen molar-refractivity contribution < 1.29 is 38.5 Å². The minimum atomic E-state index is -2.81. The Labute approximate surface area is 318 Å². The highest BCUT2D eigenvalue weighted by molar-refractivity contribution is 7.39. The molecule has 2 aromatic rings. The quantitative estimate of drug-likeness (QED) is 0.0627. The van der Waals surface area contributed by atoms with E-state index in [0.717, 1.165) is 72.8 Å². The van der Waals surface area contributed by atoms with Crippen molar-refractivity contribution >= 4 is 17.2 Å². The van der Waals surface area contributed by atoms with E-state index in [9.17, 15) is 24.7 Å². The summed E-state index contributed by atoms with van der Waals surface area (Å²) in [4.78, 5) is 40.1. The summed E-state index contributed by atoms with van der Waals surface area (Å²) in [5.41, 5.74) is 3.65. The molecule has 0 aliphatic carbocycles. The van der Waals surface area contributed by atoms with Crippen LogP contribution >= 0.6 is 17.2 Å². The average molecular weight is 767 g/mol. The van der Waals surface area contributed by atoms with Crippen molar-refractivity contribution in [2.24, 2.45) is 5.41 Å². The van der Waals surface area contributed by atoms with E-state index >= 15 is 0 Å². The van der Waals surface area contributed by atoms with E-state index in [-0.39, 0.29) is 34.9 Å². The zero-order chi connectivity index (χ0) is 39.7. The van der Waals surface area contributed by atoms with Crippen LogP contribution in [0.1, 0.15) is 174 Å². The Bertz CT molecular complexity index is 1340. The molecule has 2 aromatic carbocycles. The molecule has 298 valence electrons. The van der Waals surface area contributed by atoms with Crippen LogP contribution in [0.25, 0.3) is 0 Å². The van der Waals surface area contributed by atoms with Crippen molar-refractivity contribution in [1.82, 2.24) is 0 Å². The molecule has 0 bridgehead atoms. The molecule has 0 aliphatic rings. The Morgan fingerprint density at radius 2 is 1.10 bits per heavy atom. The van der Waals surface area contributed by atoms with Crippen LogP contribution in [0.15, 0.2) is 30.3 Å². The second-order valence-corrected chi connectivity index (χ2v) is 19.8. The molecule has 0 spiro atoms. The molecule has 0 saturated carbocycles. The van der Waals surface area contributed by atoms with E-state index in [4.69, 9.17) is 13.8 Å². The summed E-state index contributed by atoms with van der Waals surface area (Å²) >= 11 is 0. The van der Waals surface area contributed by atoms with Crippen LogP contribution in [0.3, 0.4) is 0 Å². The maximum absolute atomic E-state index is 11.4. The van der Waals surface area contributed by atoms with E-state index < -0.39 is 35.3 Å². The average Bonchev–Trinajstić information content (AvgIpc) is 3.03. The van der Waals surface area contributed by atoms with Gasteiger partial charge < -0.3 is 38.5 Å². The number of rotatable bonds is 21. The molecule has 1 unspecified atom stereocenters. The molecular weight excluding hydrogens is 694 g/mol. The van der Waals surface area contributed by atoms with Gasteiger partial charge in [0.25, 0.3) is 0 Å². The molecule has 8 nitrogen and oxygen atoms in total. The lowest BCUT2D eigenvalue weighted by Crippen LogP contribution is -2.45. The van der Waals surface area contributed by atoms with Gasteiger partial charge in [-0.1, -0.05) is 151 Å². The van der Waals surface area contributed by atoms with Gasteiger partial charge in [-0.25, -0.2) is 0 Å². The largest absolute Gasteiger partial charge is 0.485 e. The number of hydrogen-bond donors (Lipinski definition) is 5. The van der Waals surface area contributed by atoms with Gasteiger partial charge >= 0.3 is 17.2 Å². The van der Waals surface area contributed by atoms with Crippen molar-refractivity contribution in [2.75, 3.05) is 19.8 Å². The first-order valence-electron chi connectivity index (χ1n) is 19.2. The lowest BCUT2D eigenvalue weighted by molar-refractivity contribution is -0.0669. The third kappa shape index (κ3) is 13.0. The van der Waals surface area contributed by atoms with Crippen molar-refractivity contribution in [1.29, 1.82) is 0 Å². The van der Waals surface area contributed by atoms with Crippen molar-refractivity contribution in [3.05, 3.63) is 63.7 Å². The lowest BCUT2D eigenvalue weighted by Gasteiger charge is -2.44. The summed E-state index contributed by atoms with van der Waals surface area (Å²) in [6, 6.07) is 10.8. The lowest BCUT2D eigenvalue weighted by atomic mass is 9.69. The second-order valence-electron chi connectivity index (χ2n) is 18.2. The Morgan fingerprint density at radius 3 is 1.50 bits per heavy atom. The first kappa shape index (κ1) is 47.0. The normalized spacial score (nSPS) is 14.1. The van der Waals surface area contributed by atoms with Crippen LogP contribution in [-0.2, 0) is 30.7 Å². The first-order valence-corrected chi connectivity index (χ1v) is 21.5. The monoisotopic (exact) mass is 766 g/mol. The molecule has 0 aromatic heterocycles. The minimum Gasteiger partial charge on any atom is -0.485 e. The number of aryl methyl sites for hydroxylation is 1. The Hall–Kier alpha value is -1.18. The van der Waals surface area contributed by atoms with E-state index in [2.05, 4.69) is 120 Å². The van der Waals surface area contributed by atoms with Crippen molar-refractivity contribution in [3.63, 3.8) is 0 Å². The predicted molar refractivity (Wildman–Crippen MR) is 217 cm³/mol. The summed E-state index contributed by atoms with van der Waals surface area (Å²) in [7, 11) is -5.63. The molecule has 0 fully saturated rings. The number of unbranched alkanes of at least 4 members (excludes halogenated alkanes) is 4. The SMILES string of the molecule is CCCCCC(C)(C)c1ccc(OC(c2c(C(C)(C)C)cc(C)cc2C(C)(C)C)C(CO)(COP(O)O)COP(O)O)c(C(C)(C)CCCCC)c1. The van der Waals surface area contributed by atoms with Crippen LogP contribution in [0.5, 0.6) is 5.75 Å². The van der Waals surface area contributed by atoms with Gasteiger partial charge in [-0.3, -0.25) is 0 Å². The number of benzene rings is 2. The van der Waals surface area contributed by atoms with E-state index in [1.54, 1.807) is 0 Å². The molecule has 2 rings (SSSR count). The highest BCUT2D eigenvalue weighted by Crippen LogP contribution is 2.51. The molecule has 0 heterocycles. The first-order chi connectivity index (χ1) is 24.0. The minimum absolute atomic E-state index is 0.0630. The van der Waals surface area contributed by atoms with Crippen LogP contribution in [0.4, 0.5) is 0 Å². The van der Waals surface area contributed by atoms with Gasteiger partial charge in [-0.15, -0.1) is 0 Å². The number of ether oxygens (including phenoxy) is 1. The molecular formula is C42H72O8P2. The van der Waals surface area contributed by atoms with Gasteiger partial charge in [0, 0.05) is 11.1 Å². The Balaban J connectivity index is 3.13. The smallest absolute Gasteiger partial charge is 0.327 e. The molecule has 1 atom stereocenters. The van der Waals surface area contributed by atoms with Crippen LogP contribution in [-0.4, -0.2) is 44.5 Å². The van der Waals surface area contributed by atoms with Gasteiger partial charge in [0.2, 0.25) is 0 Å². The molecule has 0 amide bonds. The maximum Gasteiger partial charge on any atom is 0.327 e. The Morgan fingerprint density at radius 1 is 0.635 bits per heavy atom. The highest BCUT2D eigenvalue weighted by Gasteiger charge is 2.48. The van der Waals surface area contributed by atoms with Crippen molar-refractivity contribution in [2.45, 2.75) is 169 Å². The van der Waals surface area contributed by atoms with E-state index in [1.807, 2.05) is 0 Å². The number of aliphatic hydroxyl groups is 1. The van der Waals surface area contributed by atoms with Crippen LogP contribution in [0, 0.1) is 12.3 Å². The Kier molecular flexibility index (Phi) is 17.7. The van der Waals surface area contributed by atoms with Crippen LogP contribution in [0.2, 0.25) is 0 Å². The fraction of sp³-hybridized carbons (Fsp3) is 0.714. The van der Waals surface area contributed by atoms with E-state index in [0.29, 0.717) is 5.75 Å². The molecule has 10 heteroatoms. The third-order valence-electron chi connectivity index (χ3n) is 10.6. The highest BCUT2D eigenvalue weighted by atomic mass is 31.2. The fourth-order valence-corrected chi connectivity index (χ4v) is 7.92. The number of hydrogen-bond acceptors (Lipinski definition) is 8.